The van der Waals surface area contributed by atoms with Gasteiger partial charge in [0.05, 0.1) is 12.2 Å². The first-order valence-corrected chi connectivity index (χ1v) is 12.1. The van der Waals surface area contributed by atoms with Crippen LogP contribution in [0.15, 0.2) is 0 Å². The Balaban J connectivity index is 2.98. The van der Waals surface area contributed by atoms with Gasteiger partial charge < -0.3 is 14.3 Å². The lowest BCUT2D eigenvalue weighted by atomic mass is 9.82. The molecule has 1 aliphatic heterocycles. The second kappa shape index (κ2) is 8.43. The van der Waals surface area contributed by atoms with Crippen molar-refractivity contribution in [2.24, 2.45) is 17.8 Å². The lowest BCUT2D eigenvalue weighted by Crippen LogP contribution is -2.60. The van der Waals surface area contributed by atoms with Crippen LogP contribution in [0.25, 0.3) is 0 Å². The van der Waals surface area contributed by atoms with Gasteiger partial charge in [-0.25, -0.2) is 0 Å². The summed E-state index contributed by atoms with van der Waals surface area (Å²) in [5.41, 5.74) is 0. The number of hydrogen-bond donors (Lipinski definition) is 0. The highest BCUT2D eigenvalue weighted by molar-refractivity contribution is 6.73. The molecule has 1 heterocycles. The van der Waals surface area contributed by atoms with Gasteiger partial charge in [0.15, 0.2) is 8.32 Å². The van der Waals surface area contributed by atoms with Gasteiger partial charge in [-0.15, -0.1) is 0 Å². The standard InChI is InChI=1S/C19H37O4Si/c1-9-24(10-2,11-3)23-18(13(4)5)14(6)17-12-16(20)15(7)19(8,21)22-17/h13-15,17-18H,9-12H2,1-8H3/q-1/t14-,15?,17?,18+,19?/m0/s1. The van der Waals surface area contributed by atoms with Crippen molar-refractivity contribution in [1.29, 1.82) is 0 Å². The Hall–Kier alpha value is -0.233. The zero-order chi connectivity index (χ0) is 18.7. The Kier molecular flexibility index (Phi) is 7.66. The van der Waals surface area contributed by atoms with Crippen molar-refractivity contribution in [2.45, 2.75) is 97.9 Å². The summed E-state index contributed by atoms with van der Waals surface area (Å²) in [4.78, 5) is 12.3. The van der Waals surface area contributed by atoms with Crippen molar-refractivity contribution in [1.82, 2.24) is 0 Å². The van der Waals surface area contributed by atoms with Crippen molar-refractivity contribution < 1.29 is 19.1 Å². The van der Waals surface area contributed by atoms with Gasteiger partial charge in [0, 0.05) is 24.0 Å². The molecular weight excluding hydrogens is 320 g/mol. The highest BCUT2D eigenvalue weighted by atomic mass is 28.4. The van der Waals surface area contributed by atoms with E-state index in [9.17, 15) is 9.90 Å². The van der Waals surface area contributed by atoms with Gasteiger partial charge >= 0.3 is 0 Å². The SMILES string of the molecule is CC[Si](CC)(CC)O[C@H](C(C)C)[C@@H](C)C1CC(=O)C(C)C(C)([O-])O1. The summed E-state index contributed by atoms with van der Waals surface area (Å²) in [6, 6.07) is 3.28. The highest BCUT2D eigenvalue weighted by Crippen LogP contribution is 2.36. The van der Waals surface area contributed by atoms with Crippen LogP contribution in [0.4, 0.5) is 0 Å². The van der Waals surface area contributed by atoms with Crippen molar-refractivity contribution >= 4 is 14.1 Å². The number of rotatable bonds is 8. The molecule has 0 saturated carbocycles. The molecule has 3 unspecified atom stereocenters. The Labute approximate surface area is 149 Å². The van der Waals surface area contributed by atoms with E-state index in [1.807, 2.05) is 0 Å². The molecule has 142 valence electrons. The molecule has 1 fully saturated rings. The van der Waals surface area contributed by atoms with Crippen molar-refractivity contribution in [2.75, 3.05) is 0 Å². The first-order valence-electron chi connectivity index (χ1n) is 9.62. The Morgan fingerprint density at radius 3 is 2.12 bits per heavy atom. The zero-order valence-corrected chi connectivity index (χ0v) is 17.8. The van der Waals surface area contributed by atoms with Crippen LogP contribution in [-0.2, 0) is 14.0 Å². The van der Waals surface area contributed by atoms with E-state index in [4.69, 9.17) is 9.16 Å². The third-order valence-corrected chi connectivity index (χ3v) is 10.8. The predicted octanol–water partition coefficient (Wildman–Crippen LogP) is 3.74. The molecule has 24 heavy (non-hydrogen) atoms. The molecule has 0 amide bonds. The minimum absolute atomic E-state index is 0.0167. The van der Waals surface area contributed by atoms with Crippen LogP contribution in [0.5, 0.6) is 0 Å². The van der Waals surface area contributed by atoms with Crippen molar-refractivity contribution in [3.05, 3.63) is 0 Å². The summed E-state index contributed by atoms with van der Waals surface area (Å²) in [6.07, 6.45) is 0.00507. The average molecular weight is 358 g/mol. The van der Waals surface area contributed by atoms with E-state index in [0.717, 1.165) is 18.1 Å². The van der Waals surface area contributed by atoms with Crippen LogP contribution in [0, 0.1) is 17.8 Å². The number of ketones is 1. The molecule has 0 aromatic heterocycles. The van der Waals surface area contributed by atoms with E-state index in [-0.39, 0.29) is 23.9 Å². The lowest BCUT2D eigenvalue weighted by Gasteiger charge is -2.51. The summed E-state index contributed by atoms with van der Waals surface area (Å²) in [6.45, 7) is 16.2. The molecule has 0 spiro atoms. The fraction of sp³-hybridized carbons (Fsp3) is 0.947. The molecule has 1 aliphatic rings. The van der Waals surface area contributed by atoms with Gasteiger partial charge in [-0.2, -0.15) is 0 Å². The van der Waals surface area contributed by atoms with E-state index in [0.29, 0.717) is 12.3 Å². The molecule has 0 radical (unpaired) electrons. The molecule has 0 N–H and O–H groups in total. The Bertz CT molecular complexity index is 409. The second-order valence-corrected chi connectivity index (χ2v) is 12.7. The smallest absolute Gasteiger partial charge is 0.192 e. The largest absolute Gasteiger partial charge is 0.828 e. The van der Waals surface area contributed by atoms with Crippen molar-refractivity contribution in [3.8, 4) is 0 Å². The van der Waals surface area contributed by atoms with Crippen LogP contribution in [0.3, 0.4) is 0 Å². The fourth-order valence-corrected chi connectivity index (χ4v) is 6.82. The van der Waals surface area contributed by atoms with Gasteiger partial charge in [-0.1, -0.05) is 55.4 Å². The third kappa shape index (κ3) is 4.68. The van der Waals surface area contributed by atoms with E-state index in [2.05, 4.69) is 41.5 Å². The number of carbonyl (C=O) groups excluding carboxylic acids is 1. The molecule has 0 aromatic carbocycles. The number of Topliss-reactive ketones (excluding diaryl/α,β-unsaturated/α-hetero) is 1. The first-order chi connectivity index (χ1) is 11.0. The van der Waals surface area contributed by atoms with Crippen LogP contribution in [0.2, 0.25) is 18.1 Å². The second-order valence-electron chi connectivity index (χ2n) is 7.99. The molecule has 4 nitrogen and oxygen atoms in total. The highest BCUT2D eigenvalue weighted by Gasteiger charge is 2.43. The van der Waals surface area contributed by atoms with Gasteiger partial charge in [0.25, 0.3) is 0 Å². The molecule has 0 bridgehead atoms. The number of carbonyl (C=O) groups is 1. The summed E-state index contributed by atoms with van der Waals surface area (Å²) < 4.78 is 12.6. The molecule has 0 aromatic rings. The number of ether oxygens (including phenoxy) is 1. The maximum absolute atomic E-state index is 12.6. The molecule has 1 rings (SSSR count). The van der Waals surface area contributed by atoms with Gasteiger partial charge in [0.1, 0.15) is 5.78 Å². The van der Waals surface area contributed by atoms with E-state index in [1.165, 1.54) is 6.92 Å². The van der Waals surface area contributed by atoms with E-state index >= 15 is 0 Å². The van der Waals surface area contributed by atoms with Gasteiger partial charge in [0.2, 0.25) is 0 Å². The van der Waals surface area contributed by atoms with Crippen LogP contribution in [0.1, 0.15) is 61.8 Å². The normalized spacial score (nSPS) is 31.3. The van der Waals surface area contributed by atoms with Crippen molar-refractivity contribution in [3.63, 3.8) is 0 Å². The lowest BCUT2D eigenvalue weighted by molar-refractivity contribution is -0.569. The molecule has 1 saturated heterocycles. The maximum Gasteiger partial charge on any atom is 0.192 e. The molecule has 0 aliphatic carbocycles. The average Bonchev–Trinajstić information content (AvgIpc) is 2.53. The number of hydrogen-bond acceptors (Lipinski definition) is 4. The van der Waals surface area contributed by atoms with E-state index in [1.54, 1.807) is 6.92 Å². The van der Waals surface area contributed by atoms with Crippen LogP contribution < -0.4 is 5.11 Å². The zero-order valence-electron chi connectivity index (χ0n) is 16.8. The van der Waals surface area contributed by atoms with Gasteiger partial charge in [-0.3, -0.25) is 4.79 Å². The first kappa shape index (κ1) is 21.8. The summed E-state index contributed by atoms with van der Waals surface area (Å²) in [5, 5.41) is 12.6. The van der Waals surface area contributed by atoms with Gasteiger partial charge in [-0.05, 0) is 24.1 Å². The molecular formula is C19H37O4Si-. The topological polar surface area (TPSA) is 58.6 Å². The Morgan fingerprint density at radius 2 is 1.75 bits per heavy atom. The summed E-state index contributed by atoms with van der Waals surface area (Å²) >= 11 is 0. The molecule has 5 heteroatoms. The van der Waals surface area contributed by atoms with Crippen LogP contribution in [-0.4, -0.2) is 32.1 Å². The summed E-state index contributed by atoms with van der Waals surface area (Å²) in [5.74, 6) is -1.85. The monoisotopic (exact) mass is 357 g/mol. The third-order valence-electron chi connectivity index (χ3n) is 6.14. The minimum atomic E-state index is -1.75. The maximum atomic E-state index is 12.6. The predicted molar refractivity (Wildman–Crippen MR) is 98.1 cm³/mol. The Morgan fingerprint density at radius 1 is 1.25 bits per heavy atom. The fourth-order valence-electron chi connectivity index (χ4n) is 3.76. The minimum Gasteiger partial charge on any atom is -0.828 e. The van der Waals surface area contributed by atoms with Crippen LogP contribution >= 0.6 is 0 Å². The summed E-state index contributed by atoms with van der Waals surface area (Å²) in [7, 11) is -1.75. The van der Waals surface area contributed by atoms with E-state index < -0.39 is 20.0 Å². The molecule has 5 atom stereocenters. The quantitative estimate of drug-likeness (QED) is 0.621.